The molecule has 54 heavy (non-hydrogen) atoms. The summed E-state index contributed by atoms with van der Waals surface area (Å²) in [6, 6.07) is 10.4. The minimum Gasteiger partial charge on any atom is -0.453 e. The Bertz CT molecular complexity index is 2080. The summed E-state index contributed by atoms with van der Waals surface area (Å²) in [5.41, 5.74) is 3.30. The first-order valence-corrected chi connectivity index (χ1v) is 18.4. The Labute approximate surface area is 314 Å². The highest BCUT2D eigenvalue weighted by molar-refractivity contribution is 5.89. The lowest BCUT2D eigenvalue weighted by Crippen LogP contribution is -2.51. The third kappa shape index (κ3) is 8.20. The van der Waals surface area contributed by atoms with Crippen LogP contribution in [0.1, 0.15) is 88.4 Å². The maximum Gasteiger partial charge on any atom is 0.407 e. The zero-order valence-electron chi connectivity index (χ0n) is 31.6. The van der Waals surface area contributed by atoms with Crippen molar-refractivity contribution in [1.29, 1.82) is 0 Å². The number of likely N-dealkylation sites (tertiary alicyclic amines) is 2. The molecule has 2 aromatic heterocycles. The summed E-state index contributed by atoms with van der Waals surface area (Å²) in [4.78, 5) is 70.4. The molecule has 14 heteroatoms. The third-order valence-electron chi connectivity index (χ3n) is 10.2. The fraction of sp³-hybridized carbons (Fsp3) is 0.450. The summed E-state index contributed by atoms with van der Waals surface area (Å²) in [6.07, 6.45) is 5.43. The number of benzene rings is 2. The zero-order chi connectivity index (χ0) is 38.5. The summed E-state index contributed by atoms with van der Waals surface area (Å²) in [7, 11) is 2.57. The van der Waals surface area contributed by atoms with Crippen LogP contribution in [0.15, 0.2) is 48.8 Å². The number of carbonyl (C=O) groups is 4. The van der Waals surface area contributed by atoms with Crippen molar-refractivity contribution >= 4 is 34.8 Å². The van der Waals surface area contributed by atoms with Crippen molar-refractivity contribution in [3.63, 3.8) is 0 Å². The van der Waals surface area contributed by atoms with Gasteiger partial charge >= 0.3 is 12.2 Å². The van der Waals surface area contributed by atoms with Gasteiger partial charge in [-0.2, -0.15) is 0 Å². The summed E-state index contributed by atoms with van der Waals surface area (Å²) in [5, 5.41) is 7.43. The van der Waals surface area contributed by atoms with Crippen LogP contribution in [-0.2, 0) is 19.1 Å². The van der Waals surface area contributed by atoms with E-state index in [2.05, 4.69) is 48.5 Å². The first kappa shape index (κ1) is 37.9. The molecule has 2 fully saturated rings. The standard InChI is InChI=1S/C40H48N8O6/c1-23(2)33(45-39(51)53-5)37(49)47-17-7-9-31(47)35-41-21-29(43-35)16-12-25-11-13-27-20-28(15-14-26(27)19-25)30-22-42-36(44-30)32-10-8-18-48(32)38(50)34(24(3)4)46-40(52)54-6/h11,13-15,19-24,31-34H,7-10,17-18H2,1-6H3,(H,41,43)(H,42,44)(H,45,51)(H,46,52)/t31-,32-,33-,34?/m0/s1. The first-order valence-electron chi connectivity index (χ1n) is 18.4. The molecule has 1 unspecified atom stereocenters. The molecule has 2 aromatic carbocycles. The van der Waals surface area contributed by atoms with Gasteiger partial charge in [-0.1, -0.05) is 51.8 Å². The molecule has 2 aliphatic heterocycles. The Kier molecular flexibility index (Phi) is 11.5. The molecule has 4 amide bonds. The van der Waals surface area contributed by atoms with Gasteiger partial charge in [-0.25, -0.2) is 19.6 Å². The van der Waals surface area contributed by atoms with E-state index in [9.17, 15) is 19.2 Å². The molecule has 0 spiro atoms. The van der Waals surface area contributed by atoms with Gasteiger partial charge < -0.3 is 39.9 Å². The number of methoxy groups -OCH3 is 2. The van der Waals surface area contributed by atoms with E-state index in [4.69, 9.17) is 9.47 Å². The number of nitrogens with zero attached hydrogens (tertiary/aromatic N) is 4. The number of alkyl carbamates (subject to hydrolysis) is 2. The molecule has 284 valence electrons. The average Bonchev–Trinajstić information content (AvgIpc) is 4.00. The highest BCUT2D eigenvalue weighted by atomic mass is 16.5. The second kappa shape index (κ2) is 16.4. The van der Waals surface area contributed by atoms with E-state index < -0.39 is 24.3 Å². The molecule has 14 nitrogen and oxygen atoms in total. The topological polar surface area (TPSA) is 175 Å². The molecule has 0 radical (unpaired) electrons. The van der Waals surface area contributed by atoms with Crippen LogP contribution in [0, 0.1) is 23.7 Å². The number of imidazole rings is 2. The average molecular weight is 737 g/mol. The van der Waals surface area contributed by atoms with Crippen molar-refractivity contribution in [2.75, 3.05) is 27.3 Å². The number of amides is 4. The number of H-pyrrole nitrogens is 2. The molecular formula is C40H48N8O6. The smallest absolute Gasteiger partial charge is 0.407 e. The molecule has 4 atom stereocenters. The number of hydrogen-bond donors (Lipinski definition) is 4. The number of fused-ring (bicyclic) bond motifs is 1. The van der Waals surface area contributed by atoms with Gasteiger partial charge in [0.2, 0.25) is 11.8 Å². The molecule has 4 aromatic rings. The lowest BCUT2D eigenvalue weighted by molar-refractivity contribution is -0.136. The van der Waals surface area contributed by atoms with Gasteiger partial charge in [0, 0.05) is 24.2 Å². The summed E-state index contributed by atoms with van der Waals surface area (Å²) in [5.74, 6) is 7.27. The van der Waals surface area contributed by atoms with Gasteiger partial charge in [-0.05, 0) is 72.4 Å². The van der Waals surface area contributed by atoms with Crippen molar-refractivity contribution < 1.29 is 28.7 Å². The Morgan fingerprint density at radius 2 is 1.28 bits per heavy atom. The first-order chi connectivity index (χ1) is 26.0. The molecular weight excluding hydrogens is 688 g/mol. The summed E-state index contributed by atoms with van der Waals surface area (Å²) >= 11 is 0. The van der Waals surface area contributed by atoms with E-state index in [1.807, 2.05) is 58.0 Å². The van der Waals surface area contributed by atoms with Crippen LogP contribution in [0.3, 0.4) is 0 Å². The van der Waals surface area contributed by atoms with E-state index in [-0.39, 0.29) is 35.7 Å². The fourth-order valence-electron chi connectivity index (χ4n) is 7.24. The van der Waals surface area contributed by atoms with E-state index in [1.165, 1.54) is 14.2 Å². The zero-order valence-corrected chi connectivity index (χ0v) is 31.6. The van der Waals surface area contributed by atoms with Crippen LogP contribution in [0.5, 0.6) is 0 Å². The molecule has 6 rings (SSSR count). The maximum atomic E-state index is 13.5. The number of hydrogen-bond acceptors (Lipinski definition) is 8. The number of nitrogens with one attached hydrogen (secondary N) is 4. The van der Waals surface area contributed by atoms with Crippen molar-refractivity contribution in [2.45, 2.75) is 77.5 Å². The number of ether oxygens (including phenoxy) is 2. The Morgan fingerprint density at radius 3 is 1.85 bits per heavy atom. The van der Waals surface area contributed by atoms with Crippen LogP contribution >= 0.6 is 0 Å². The predicted octanol–water partition coefficient (Wildman–Crippen LogP) is 5.44. The maximum absolute atomic E-state index is 13.5. The Balaban J connectivity index is 1.13. The van der Waals surface area contributed by atoms with Crippen LogP contribution in [-0.4, -0.2) is 93.1 Å². The van der Waals surface area contributed by atoms with E-state index >= 15 is 0 Å². The molecule has 4 N–H and O–H groups in total. The van der Waals surface area contributed by atoms with Crippen molar-refractivity contribution in [2.24, 2.45) is 11.8 Å². The second-order valence-corrected chi connectivity index (χ2v) is 14.5. The lowest BCUT2D eigenvalue weighted by atomic mass is 10.0. The van der Waals surface area contributed by atoms with Gasteiger partial charge in [-0.3, -0.25) is 9.59 Å². The second-order valence-electron chi connectivity index (χ2n) is 14.5. The van der Waals surface area contributed by atoms with Crippen LogP contribution in [0.4, 0.5) is 9.59 Å². The number of aromatic amines is 2. The van der Waals surface area contributed by atoms with Gasteiger partial charge in [0.05, 0.1) is 44.4 Å². The number of rotatable bonds is 9. The van der Waals surface area contributed by atoms with Crippen molar-refractivity contribution in [3.05, 3.63) is 71.7 Å². The SMILES string of the molecule is COC(=O)NC(C(=O)N1CCC[C@H]1c1ncc(-c2ccc3cc(C#Cc4cnc([C@@H]5CCCN5C(=O)[C@@H](NC(=O)OC)C(C)C)[nH]4)ccc3c2)[nH]1)C(C)C. The number of aromatic nitrogens is 4. The predicted molar refractivity (Wildman–Crippen MR) is 202 cm³/mol. The fourth-order valence-corrected chi connectivity index (χ4v) is 7.24. The van der Waals surface area contributed by atoms with Gasteiger partial charge in [-0.15, -0.1) is 0 Å². The molecule has 2 aliphatic rings. The Hall–Kier alpha value is -5.84. The van der Waals surface area contributed by atoms with Gasteiger partial charge in [0.1, 0.15) is 29.4 Å². The van der Waals surface area contributed by atoms with Crippen LogP contribution < -0.4 is 10.6 Å². The number of carbonyl (C=O) groups excluding carboxylic acids is 4. The molecule has 0 bridgehead atoms. The molecule has 2 saturated heterocycles. The van der Waals surface area contributed by atoms with Crippen LogP contribution in [0.25, 0.3) is 22.0 Å². The normalized spacial score (nSPS) is 18.0. The minimum atomic E-state index is -0.699. The minimum absolute atomic E-state index is 0.109. The van der Waals surface area contributed by atoms with Gasteiger partial charge in [0.15, 0.2) is 0 Å². The Morgan fingerprint density at radius 1 is 0.741 bits per heavy atom. The largest absolute Gasteiger partial charge is 0.453 e. The van der Waals surface area contributed by atoms with Gasteiger partial charge in [0.25, 0.3) is 0 Å². The molecule has 4 heterocycles. The highest BCUT2D eigenvalue weighted by Crippen LogP contribution is 2.34. The summed E-state index contributed by atoms with van der Waals surface area (Å²) in [6.45, 7) is 8.73. The summed E-state index contributed by atoms with van der Waals surface area (Å²) < 4.78 is 9.49. The highest BCUT2D eigenvalue weighted by Gasteiger charge is 2.39. The van der Waals surface area contributed by atoms with Crippen LogP contribution in [0.2, 0.25) is 0 Å². The molecule has 0 saturated carbocycles. The van der Waals surface area contributed by atoms with E-state index in [0.29, 0.717) is 30.4 Å². The van der Waals surface area contributed by atoms with Crippen molar-refractivity contribution in [3.8, 4) is 23.1 Å². The lowest BCUT2D eigenvalue weighted by Gasteiger charge is -2.30. The van der Waals surface area contributed by atoms with E-state index in [1.54, 1.807) is 22.2 Å². The quantitative estimate of drug-likeness (QED) is 0.164. The monoisotopic (exact) mass is 736 g/mol. The molecule has 0 aliphatic carbocycles. The van der Waals surface area contributed by atoms with Crippen molar-refractivity contribution in [1.82, 2.24) is 40.4 Å². The third-order valence-corrected chi connectivity index (χ3v) is 10.2. The van der Waals surface area contributed by atoms with E-state index in [0.717, 1.165) is 53.3 Å².